The third kappa shape index (κ3) is 4.54. The van der Waals surface area contributed by atoms with E-state index in [0.717, 1.165) is 24.2 Å². The Morgan fingerprint density at radius 2 is 1.75 bits per heavy atom. The second-order valence-corrected chi connectivity index (χ2v) is 6.37. The summed E-state index contributed by atoms with van der Waals surface area (Å²) in [5, 5.41) is 6.29. The summed E-state index contributed by atoms with van der Waals surface area (Å²) in [6.45, 7) is 1.89. The fourth-order valence-electron chi connectivity index (χ4n) is 3.07. The molecule has 0 radical (unpaired) electrons. The van der Waals surface area contributed by atoms with Crippen molar-refractivity contribution in [1.82, 2.24) is 9.97 Å². The Kier molecular flexibility index (Phi) is 5.41. The van der Waals surface area contributed by atoms with Crippen LogP contribution in [0.25, 0.3) is 0 Å². The number of para-hydroxylation sites is 1. The highest BCUT2D eigenvalue weighted by atomic mass is 16.1. The van der Waals surface area contributed by atoms with E-state index >= 15 is 0 Å². The van der Waals surface area contributed by atoms with Crippen molar-refractivity contribution in [3.63, 3.8) is 0 Å². The van der Waals surface area contributed by atoms with Crippen LogP contribution in [0, 0.1) is 6.92 Å². The Morgan fingerprint density at radius 3 is 2.46 bits per heavy atom. The first-order chi connectivity index (χ1) is 11.7. The van der Waals surface area contributed by atoms with Crippen molar-refractivity contribution in [2.24, 2.45) is 0 Å². The van der Waals surface area contributed by atoms with E-state index in [0.29, 0.717) is 17.7 Å². The molecule has 5 nitrogen and oxygen atoms in total. The van der Waals surface area contributed by atoms with Gasteiger partial charge in [0.2, 0.25) is 5.95 Å². The third-order valence-electron chi connectivity index (χ3n) is 4.31. The molecule has 24 heavy (non-hydrogen) atoms. The van der Waals surface area contributed by atoms with Crippen LogP contribution < -0.4 is 10.6 Å². The van der Waals surface area contributed by atoms with Crippen molar-refractivity contribution in [2.45, 2.75) is 51.5 Å². The quantitative estimate of drug-likeness (QED) is 0.828. The van der Waals surface area contributed by atoms with E-state index in [4.69, 9.17) is 0 Å². The lowest BCUT2D eigenvalue weighted by molar-refractivity contribution is 0.102. The number of carbonyl (C=O) groups is 1. The number of nitrogens with zero attached hydrogens (tertiary/aromatic N) is 2. The largest absolute Gasteiger partial charge is 0.351 e. The maximum absolute atomic E-state index is 12.4. The zero-order chi connectivity index (χ0) is 16.8. The van der Waals surface area contributed by atoms with Crippen LogP contribution in [0.2, 0.25) is 0 Å². The number of rotatable bonds is 4. The van der Waals surface area contributed by atoms with E-state index < -0.39 is 0 Å². The Balaban J connectivity index is 1.72. The molecule has 1 amide bonds. The van der Waals surface area contributed by atoms with Crippen LogP contribution in [0.15, 0.2) is 36.4 Å². The zero-order valence-electron chi connectivity index (χ0n) is 14.1. The third-order valence-corrected chi connectivity index (χ3v) is 4.31. The molecule has 0 unspecified atom stereocenters. The molecule has 0 bridgehead atoms. The van der Waals surface area contributed by atoms with Crippen LogP contribution in [-0.4, -0.2) is 21.9 Å². The van der Waals surface area contributed by atoms with Gasteiger partial charge in [-0.15, -0.1) is 0 Å². The van der Waals surface area contributed by atoms with E-state index in [1.165, 1.54) is 25.7 Å². The smallest absolute Gasteiger partial charge is 0.274 e. The number of carbonyl (C=O) groups excluding carboxylic acids is 1. The summed E-state index contributed by atoms with van der Waals surface area (Å²) in [5.74, 6) is 0.343. The summed E-state index contributed by atoms with van der Waals surface area (Å²) in [5.41, 5.74) is 1.94. The number of hydrogen-bond donors (Lipinski definition) is 2. The van der Waals surface area contributed by atoms with Crippen LogP contribution >= 0.6 is 0 Å². The molecule has 1 aliphatic carbocycles. The lowest BCUT2D eigenvalue weighted by Gasteiger charge is -2.17. The highest BCUT2D eigenvalue weighted by Gasteiger charge is 2.15. The van der Waals surface area contributed by atoms with Crippen LogP contribution in [0.3, 0.4) is 0 Å². The summed E-state index contributed by atoms with van der Waals surface area (Å²) >= 11 is 0. The van der Waals surface area contributed by atoms with Gasteiger partial charge in [-0.05, 0) is 38.0 Å². The number of nitrogens with one attached hydrogen (secondary N) is 2. The van der Waals surface area contributed by atoms with E-state index in [2.05, 4.69) is 20.6 Å². The minimum Gasteiger partial charge on any atom is -0.351 e. The number of benzene rings is 1. The van der Waals surface area contributed by atoms with Crippen LogP contribution in [-0.2, 0) is 0 Å². The van der Waals surface area contributed by atoms with Gasteiger partial charge in [-0.3, -0.25) is 4.79 Å². The molecule has 126 valence electrons. The summed E-state index contributed by atoms with van der Waals surface area (Å²) in [6.07, 6.45) is 7.37. The average Bonchev–Trinajstić information content (AvgIpc) is 2.84. The predicted octanol–water partition coefficient (Wildman–Crippen LogP) is 4.17. The molecule has 1 aromatic carbocycles. The Labute approximate surface area is 142 Å². The summed E-state index contributed by atoms with van der Waals surface area (Å²) < 4.78 is 0. The number of hydrogen-bond acceptors (Lipinski definition) is 4. The SMILES string of the molecule is Cc1cc(C(=O)Nc2ccccc2)nc(NC2CCCCCC2)n1. The fourth-order valence-corrected chi connectivity index (χ4v) is 3.07. The van der Waals surface area contributed by atoms with Crippen LogP contribution in [0.1, 0.15) is 54.7 Å². The second-order valence-electron chi connectivity index (χ2n) is 6.37. The molecule has 2 N–H and O–H groups in total. The lowest BCUT2D eigenvalue weighted by Crippen LogP contribution is -2.22. The first-order valence-corrected chi connectivity index (χ1v) is 8.69. The fraction of sp³-hybridized carbons (Fsp3) is 0.421. The Morgan fingerprint density at radius 1 is 1.04 bits per heavy atom. The second kappa shape index (κ2) is 7.90. The topological polar surface area (TPSA) is 66.9 Å². The normalized spacial score (nSPS) is 15.5. The van der Waals surface area contributed by atoms with Gasteiger partial charge >= 0.3 is 0 Å². The molecule has 1 heterocycles. The molecule has 0 atom stereocenters. The van der Waals surface area contributed by atoms with Gasteiger partial charge in [0.1, 0.15) is 5.69 Å². The van der Waals surface area contributed by atoms with Crippen molar-refractivity contribution in [3.8, 4) is 0 Å². The first-order valence-electron chi connectivity index (χ1n) is 8.69. The molecule has 3 rings (SSSR count). The van der Waals surface area contributed by atoms with Crippen LogP contribution in [0.5, 0.6) is 0 Å². The number of aryl methyl sites for hydroxylation is 1. The van der Waals surface area contributed by atoms with Crippen molar-refractivity contribution in [3.05, 3.63) is 47.8 Å². The summed E-state index contributed by atoms with van der Waals surface area (Å²) in [4.78, 5) is 21.3. The molecule has 2 aromatic rings. The minimum atomic E-state index is -0.212. The average molecular weight is 324 g/mol. The summed E-state index contributed by atoms with van der Waals surface area (Å²) in [6, 6.07) is 11.5. The molecule has 0 spiro atoms. The molecule has 1 fully saturated rings. The number of amides is 1. The molecule has 1 aliphatic rings. The van der Waals surface area contributed by atoms with Gasteiger partial charge in [-0.1, -0.05) is 43.9 Å². The number of anilines is 2. The van der Waals surface area contributed by atoms with E-state index in [1.807, 2.05) is 37.3 Å². The molecule has 0 saturated heterocycles. The predicted molar refractivity (Wildman–Crippen MR) is 96.3 cm³/mol. The summed E-state index contributed by atoms with van der Waals surface area (Å²) in [7, 11) is 0. The van der Waals surface area contributed by atoms with Crippen molar-refractivity contribution >= 4 is 17.5 Å². The molecule has 5 heteroatoms. The van der Waals surface area contributed by atoms with E-state index in [9.17, 15) is 4.79 Å². The van der Waals surface area contributed by atoms with Gasteiger partial charge < -0.3 is 10.6 Å². The van der Waals surface area contributed by atoms with Gasteiger partial charge in [-0.25, -0.2) is 9.97 Å². The molecular formula is C19H24N4O. The lowest BCUT2D eigenvalue weighted by atomic mass is 10.1. The first kappa shape index (κ1) is 16.4. The molecular weight excluding hydrogens is 300 g/mol. The van der Waals surface area contributed by atoms with Gasteiger partial charge in [-0.2, -0.15) is 0 Å². The van der Waals surface area contributed by atoms with Crippen LogP contribution in [0.4, 0.5) is 11.6 Å². The van der Waals surface area contributed by atoms with Gasteiger partial charge in [0.15, 0.2) is 0 Å². The maximum atomic E-state index is 12.4. The minimum absolute atomic E-state index is 0.212. The Bertz CT molecular complexity index is 679. The van der Waals surface area contributed by atoms with Gasteiger partial charge in [0, 0.05) is 17.4 Å². The standard InChI is InChI=1S/C19H24N4O/c1-14-13-17(18(24)21-15-9-7-4-8-10-15)23-19(20-14)22-16-11-5-2-3-6-12-16/h4,7-10,13,16H,2-3,5-6,11-12H2,1H3,(H,21,24)(H,20,22,23). The zero-order valence-corrected chi connectivity index (χ0v) is 14.1. The monoisotopic (exact) mass is 324 g/mol. The van der Waals surface area contributed by atoms with Gasteiger partial charge in [0.25, 0.3) is 5.91 Å². The van der Waals surface area contributed by atoms with E-state index in [1.54, 1.807) is 6.07 Å². The highest BCUT2D eigenvalue weighted by Crippen LogP contribution is 2.20. The van der Waals surface area contributed by atoms with Crippen molar-refractivity contribution in [1.29, 1.82) is 0 Å². The van der Waals surface area contributed by atoms with Crippen molar-refractivity contribution < 1.29 is 4.79 Å². The Hall–Kier alpha value is -2.43. The molecule has 1 aromatic heterocycles. The maximum Gasteiger partial charge on any atom is 0.274 e. The molecule has 0 aliphatic heterocycles. The van der Waals surface area contributed by atoms with Gasteiger partial charge in [0.05, 0.1) is 0 Å². The highest BCUT2D eigenvalue weighted by molar-refractivity contribution is 6.03. The number of aromatic nitrogens is 2. The molecule has 1 saturated carbocycles. The van der Waals surface area contributed by atoms with E-state index in [-0.39, 0.29) is 5.91 Å². The van der Waals surface area contributed by atoms with Crippen molar-refractivity contribution in [2.75, 3.05) is 10.6 Å².